The zero-order chi connectivity index (χ0) is 12.5. The van der Waals surface area contributed by atoms with Gasteiger partial charge in [-0.25, -0.2) is 0 Å². The highest BCUT2D eigenvalue weighted by molar-refractivity contribution is 9.10. The number of benzene rings is 1. The molecule has 0 aromatic heterocycles. The van der Waals surface area contributed by atoms with E-state index in [0.717, 1.165) is 27.0 Å². The summed E-state index contributed by atoms with van der Waals surface area (Å²) in [6.45, 7) is 0. The van der Waals surface area contributed by atoms with E-state index in [2.05, 4.69) is 27.3 Å². The van der Waals surface area contributed by atoms with Gasteiger partial charge in [-0.15, -0.1) is 0 Å². The highest BCUT2D eigenvalue weighted by Gasteiger charge is 2.34. The van der Waals surface area contributed by atoms with Crippen LogP contribution in [0.3, 0.4) is 0 Å². The average Bonchev–Trinajstić information content (AvgIpc) is 3.18. The van der Waals surface area contributed by atoms with Crippen molar-refractivity contribution in [2.24, 2.45) is 11.8 Å². The fourth-order valence-corrected chi connectivity index (χ4v) is 3.72. The summed E-state index contributed by atoms with van der Waals surface area (Å²) in [7, 11) is 0. The summed E-state index contributed by atoms with van der Waals surface area (Å²) in [5.41, 5.74) is 1.08. The van der Waals surface area contributed by atoms with Crippen molar-refractivity contribution in [2.75, 3.05) is 5.32 Å². The Balaban J connectivity index is 1.65. The van der Waals surface area contributed by atoms with E-state index >= 15 is 0 Å². The van der Waals surface area contributed by atoms with Crippen LogP contribution >= 0.6 is 27.5 Å². The molecule has 0 bridgehead atoms. The van der Waals surface area contributed by atoms with Gasteiger partial charge in [0.1, 0.15) is 0 Å². The minimum Gasteiger partial charge on any atom is -0.381 e. The molecule has 1 N–H and O–H groups in total. The second-order valence-electron chi connectivity index (χ2n) is 5.73. The van der Waals surface area contributed by atoms with Gasteiger partial charge in [-0.3, -0.25) is 0 Å². The molecule has 1 aromatic carbocycles. The molecule has 2 saturated carbocycles. The summed E-state index contributed by atoms with van der Waals surface area (Å²) in [4.78, 5) is 0. The highest BCUT2D eigenvalue weighted by Crippen LogP contribution is 2.44. The molecule has 2 atom stereocenters. The third-order valence-electron chi connectivity index (χ3n) is 4.29. The van der Waals surface area contributed by atoms with Gasteiger partial charge in [-0.1, -0.05) is 40.4 Å². The van der Waals surface area contributed by atoms with Crippen LogP contribution in [-0.2, 0) is 0 Å². The predicted molar refractivity (Wildman–Crippen MR) is 81.2 cm³/mol. The Hall–Kier alpha value is -0.210. The average molecular weight is 329 g/mol. The zero-order valence-corrected chi connectivity index (χ0v) is 12.8. The van der Waals surface area contributed by atoms with Crippen molar-refractivity contribution in [1.29, 1.82) is 0 Å². The lowest BCUT2D eigenvalue weighted by Gasteiger charge is -2.30. The molecule has 0 heterocycles. The molecule has 18 heavy (non-hydrogen) atoms. The van der Waals surface area contributed by atoms with Gasteiger partial charge in [0.2, 0.25) is 0 Å². The molecule has 98 valence electrons. The van der Waals surface area contributed by atoms with Crippen LogP contribution in [0.4, 0.5) is 5.69 Å². The first kappa shape index (κ1) is 12.8. The van der Waals surface area contributed by atoms with Gasteiger partial charge in [0.05, 0.1) is 10.7 Å². The van der Waals surface area contributed by atoms with Crippen LogP contribution in [0.2, 0.25) is 5.02 Å². The van der Waals surface area contributed by atoms with Crippen LogP contribution in [0, 0.1) is 11.8 Å². The van der Waals surface area contributed by atoms with Gasteiger partial charge in [0, 0.05) is 10.5 Å². The minimum absolute atomic E-state index is 0.608. The fraction of sp³-hybridized carbons (Fsp3) is 0.600. The van der Waals surface area contributed by atoms with E-state index in [1.807, 2.05) is 12.1 Å². The predicted octanol–water partition coefficient (Wildman–Crippen LogP) is 5.48. The number of halogens is 2. The zero-order valence-electron chi connectivity index (χ0n) is 10.5. The molecule has 1 aromatic rings. The Morgan fingerprint density at radius 3 is 2.72 bits per heavy atom. The molecule has 1 nitrogen and oxygen atoms in total. The Labute approximate surface area is 122 Å². The monoisotopic (exact) mass is 327 g/mol. The van der Waals surface area contributed by atoms with Crippen molar-refractivity contribution in [3.8, 4) is 0 Å². The SMILES string of the molecule is Clc1ccc(Br)cc1NC1CCCC(C2CC2)C1. The largest absolute Gasteiger partial charge is 0.381 e. The van der Waals surface area contributed by atoms with Crippen LogP contribution in [0.1, 0.15) is 38.5 Å². The summed E-state index contributed by atoms with van der Waals surface area (Å²) < 4.78 is 1.09. The van der Waals surface area contributed by atoms with E-state index in [0.29, 0.717) is 6.04 Å². The number of hydrogen-bond donors (Lipinski definition) is 1. The lowest BCUT2D eigenvalue weighted by atomic mass is 9.82. The molecular weight excluding hydrogens is 310 g/mol. The topological polar surface area (TPSA) is 12.0 Å². The van der Waals surface area contributed by atoms with Crippen molar-refractivity contribution in [3.05, 3.63) is 27.7 Å². The molecule has 0 aliphatic heterocycles. The fourth-order valence-electron chi connectivity index (χ4n) is 3.18. The van der Waals surface area contributed by atoms with Gasteiger partial charge >= 0.3 is 0 Å². The van der Waals surface area contributed by atoms with Crippen molar-refractivity contribution >= 4 is 33.2 Å². The van der Waals surface area contributed by atoms with Crippen LogP contribution in [0.25, 0.3) is 0 Å². The van der Waals surface area contributed by atoms with Gasteiger partial charge < -0.3 is 5.32 Å². The first-order chi connectivity index (χ1) is 8.72. The van der Waals surface area contributed by atoms with Gasteiger partial charge in [-0.05, 0) is 55.7 Å². The van der Waals surface area contributed by atoms with Gasteiger partial charge in [0.15, 0.2) is 0 Å². The smallest absolute Gasteiger partial charge is 0.0638 e. The molecule has 0 spiro atoms. The van der Waals surface area contributed by atoms with E-state index < -0.39 is 0 Å². The van der Waals surface area contributed by atoms with E-state index in [1.165, 1.54) is 38.5 Å². The van der Waals surface area contributed by atoms with Gasteiger partial charge in [-0.2, -0.15) is 0 Å². The lowest BCUT2D eigenvalue weighted by molar-refractivity contribution is 0.303. The Morgan fingerprint density at radius 1 is 1.11 bits per heavy atom. The van der Waals surface area contributed by atoms with Crippen LogP contribution in [-0.4, -0.2) is 6.04 Å². The molecular formula is C15H19BrClN. The summed E-state index contributed by atoms with van der Waals surface area (Å²) in [5.74, 6) is 2.00. The Morgan fingerprint density at radius 2 is 1.94 bits per heavy atom. The molecule has 0 saturated heterocycles. The normalized spacial score (nSPS) is 28.1. The maximum Gasteiger partial charge on any atom is 0.0638 e. The van der Waals surface area contributed by atoms with E-state index in [-0.39, 0.29) is 0 Å². The summed E-state index contributed by atoms with van der Waals surface area (Å²) in [6.07, 6.45) is 8.35. The first-order valence-corrected chi connectivity index (χ1v) is 8.11. The van der Waals surface area contributed by atoms with Crippen molar-refractivity contribution < 1.29 is 0 Å². The number of nitrogens with one attached hydrogen (secondary N) is 1. The molecule has 3 heteroatoms. The van der Waals surface area contributed by atoms with Crippen LogP contribution in [0.15, 0.2) is 22.7 Å². The second kappa shape index (κ2) is 5.42. The lowest BCUT2D eigenvalue weighted by Crippen LogP contribution is -2.28. The van der Waals surface area contributed by atoms with Crippen molar-refractivity contribution in [1.82, 2.24) is 0 Å². The molecule has 2 aliphatic carbocycles. The molecule has 2 aliphatic rings. The van der Waals surface area contributed by atoms with Crippen molar-refractivity contribution in [3.63, 3.8) is 0 Å². The third-order valence-corrected chi connectivity index (χ3v) is 5.11. The van der Waals surface area contributed by atoms with E-state index in [9.17, 15) is 0 Å². The second-order valence-corrected chi connectivity index (χ2v) is 7.05. The highest BCUT2D eigenvalue weighted by atomic mass is 79.9. The Kier molecular flexibility index (Phi) is 3.86. The molecule has 2 fully saturated rings. The van der Waals surface area contributed by atoms with Crippen molar-refractivity contribution in [2.45, 2.75) is 44.6 Å². The summed E-state index contributed by atoms with van der Waals surface area (Å²) in [5, 5.41) is 4.47. The van der Waals surface area contributed by atoms with E-state index in [4.69, 9.17) is 11.6 Å². The first-order valence-electron chi connectivity index (χ1n) is 6.94. The standard InChI is InChI=1S/C15H19BrClN/c16-12-6-7-14(17)15(9-12)18-13-3-1-2-11(8-13)10-4-5-10/h6-7,9-11,13,18H,1-5,8H2. The quantitative estimate of drug-likeness (QED) is 0.774. The van der Waals surface area contributed by atoms with Crippen LogP contribution in [0.5, 0.6) is 0 Å². The van der Waals surface area contributed by atoms with Crippen LogP contribution < -0.4 is 5.32 Å². The third kappa shape index (κ3) is 3.03. The van der Waals surface area contributed by atoms with Gasteiger partial charge in [0.25, 0.3) is 0 Å². The summed E-state index contributed by atoms with van der Waals surface area (Å²) in [6, 6.07) is 6.63. The minimum atomic E-state index is 0.608. The van der Waals surface area contributed by atoms with E-state index in [1.54, 1.807) is 0 Å². The maximum atomic E-state index is 6.24. The maximum absolute atomic E-state index is 6.24. The molecule has 2 unspecified atom stereocenters. The summed E-state index contributed by atoms with van der Waals surface area (Å²) >= 11 is 9.75. The molecule has 3 rings (SSSR count). The molecule has 0 amide bonds. The Bertz CT molecular complexity index is 431. The number of anilines is 1. The number of rotatable bonds is 3. The molecule has 0 radical (unpaired) electrons. The number of hydrogen-bond acceptors (Lipinski definition) is 1.